The lowest BCUT2D eigenvalue weighted by Gasteiger charge is -2.10. The van der Waals surface area contributed by atoms with Gasteiger partial charge in [-0.05, 0) is 41.5 Å². The standard InChI is InChI=1S/C16H17BrClNO/c1-2-3-15(18)10-19-16(20)13-5-4-12-9-14(17)7-6-11(12)8-13/h4-9,15H,2-3,10H2,1H3,(H,19,20). The first-order valence-corrected chi connectivity index (χ1v) is 7.94. The van der Waals surface area contributed by atoms with E-state index in [-0.39, 0.29) is 11.3 Å². The summed E-state index contributed by atoms with van der Waals surface area (Å²) in [5.41, 5.74) is 0.667. The van der Waals surface area contributed by atoms with Crippen LogP contribution in [0.4, 0.5) is 0 Å². The van der Waals surface area contributed by atoms with Gasteiger partial charge in [-0.2, -0.15) is 0 Å². The van der Waals surface area contributed by atoms with Crippen molar-refractivity contribution in [3.8, 4) is 0 Å². The number of hydrogen-bond donors (Lipinski definition) is 1. The second-order valence-corrected chi connectivity index (χ2v) is 6.34. The van der Waals surface area contributed by atoms with Gasteiger partial charge in [0.25, 0.3) is 5.91 Å². The number of alkyl halides is 1. The largest absolute Gasteiger partial charge is 0.351 e. The van der Waals surface area contributed by atoms with Gasteiger partial charge in [0.1, 0.15) is 0 Å². The Kier molecular flexibility index (Phi) is 5.44. The lowest BCUT2D eigenvalue weighted by Crippen LogP contribution is -2.29. The van der Waals surface area contributed by atoms with E-state index in [2.05, 4.69) is 28.2 Å². The van der Waals surface area contributed by atoms with Crippen LogP contribution in [-0.2, 0) is 0 Å². The summed E-state index contributed by atoms with van der Waals surface area (Å²) in [5.74, 6) is -0.0726. The van der Waals surface area contributed by atoms with Crippen molar-refractivity contribution in [3.05, 3.63) is 46.4 Å². The number of halogens is 2. The molecular weight excluding hydrogens is 338 g/mol. The van der Waals surface area contributed by atoms with Gasteiger partial charge in [0.2, 0.25) is 0 Å². The maximum atomic E-state index is 12.1. The topological polar surface area (TPSA) is 29.1 Å². The first kappa shape index (κ1) is 15.3. The number of rotatable bonds is 5. The monoisotopic (exact) mass is 353 g/mol. The van der Waals surface area contributed by atoms with Crippen LogP contribution in [0.15, 0.2) is 40.9 Å². The highest BCUT2D eigenvalue weighted by molar-refractivity contribution is 9.10. The normalized spacial score (nSPS) is 12.3. The first-order valence-electron chi connectivity index (χ1n) is 6.71. The average Bonchev–Trinajstić information content (AvgIpc) is 2.44. The predicted molar refractivity (Wildman–Crippen MR) is 88.5 cm³/mol. The number of nitrogens with one attached hydrogen (secondary N) is 1. The van der Waals surface area contributed by atoms with Gasteiger partial charge in [-0.25, -0.2) is 0 Å². The number of carbonyl (C=O) groups is 1. The van der Waals surface area contributed by atoms with E-state index >= 15 is 0 Å². The van der Waals surface area contributed by atoms with E-state index < -0.39 is 0 Å². The third-order valence-corrected chi connectivity index (χ3v) is 4.02. The fourth-order valence-electron chi connectivity index (χ4n) is 2.08. The number of fused-ring (bicyclic) bond motifs is 1. The van der Waals surface area contributed by atoms with Crippen molar-refractivity contribution in [2.24, 2.45) is 0 Å². The highest BCUT2D eigenvalue weighted by Gasteiger charge is 2.09. The van der Waals surface area contributed by atoms with Gasteiger partial charge >= 0.3 is 0 Å². The average molecular weight is 355 g/mol. The molecule has 2 rings (SSSR count). The lowest BCUT2D eigenvalue weighted by molar-refractivity contribution is 0.0953. The van der Waals surface area contributed by atoms with Crippen LogP contribution in [0, 0.1) is 0 Å². The molecule has 20 heavy (non-hydrogen) atoms. The van der Waals surface area contributed by atoms with E-state index in [1.807, 2.05) is 36.4 Å². The number of benzene rings is 2. The molecule has 0 aromatic heterocycles. The summed E-state index contributed by atoms with van der Waals surface area (Å²) < 4.78 is 1.03. The first-order chi connectivity index (χ1) is 9.60. The molecule has 0 aliphatic rings. The van der Waals surface area contributed by atoms with E-state index in [1.165, 1.54) is 0 Å². The minimum atomic E-state index is -0.0726. The van der Waals surface area contributed by atoms with Crippen molar-refractivity contribution in [1.29, 1.82) is 0 Å². The molecule has 2 nitrogen and oxygen atoms in total. The Morgan fingerprint density at radius 1 is 1.25 bits per heavy atom. The summed E-state index contributed by atoms with van der Waals surface area (Å²) in [6, 6.07) is 11.7. The summed E-state index contributed by atoms with van der Waals surface area (Å²) in [5, 5.41) is 5.04. The molecule has 0 radical (unpaired) electrons. The van der Waals surface area contributed by atoms with Crippen LogP contribution in [0.5, 0.6) is 0 Å². The zero-order chi connectivity index (χ0) is 14.5. The van der Waals surface area contributed by atoms with Crippen LogP contribution >= 0.6 is 27.5 Å². The van der Waals surface area contributed by atoms with E-state index in [0.717, 1.165) is 28.1 Å². The molecular formula is C16H17BrClNO. The Balaban J connectivity index is 2.08. The zero-order valence-electron chi connectivity index (χ0n) is 11.3. The number of amides is 1. The lowest BCUT2D eigenvalue weighted by atomic mass is 10.1. The van der Waals surface area contributed by atoms with Gasteiger partial charge in [-0.1, -0.05) is 41.4 Å². The number of carbonyl (C=O) groups excluding carboxylic acids is 1. The second kappa shape index (κ2) is 7.09. The zero-order valence-corrected chi connectivity index (χ0v) is 13.7. The van der Waals surface area contributed by atoms with E-state index in [9.17, 15) is 4.79 Å². The van der Waals surface area contributed by atoms with Crippen LogP contribution in [0.25, 0.3) is 10.8 Å². The molecule has 0 fully saturated rings. The SMILES string of the molecule is CCCC(Cl)CNC(=O)c1ccc2cc(Br)ccc2c1. The molecule has 0 saturated heterocycles. The van der Waals surface area contributed by atoms with E-state index in [4.69, 9.17) is 11.6 Å². The molecule has 1 atom stereocenters. The van der Waals surface area contributed by atoms with Gasteiger partial charge in [-0.15, -0.1) is 11.6 Å². The highest BCUT2D eigenvalue weighted by atomic mass is 79.9. The maximum absolute atomic E-state index is 12.1. The van der Waals surface area contributed by atoms with Crippen molar-refractivity contribution in [3.63, 3.8) is 0 Å². The predicted octanol–water partition coefficient (Wildman–Crippen LogP) is 4.74. The molecule has 1 amide bonds. The second-order valence-electron chi connectivity index (χ2n) is 4.80. The third kappa shape index (κ3) is 3.97. The summed E-state index contributed by atoms with van der Waals surface area (Å²) >= 11 is 9.55. The van der Waals surface area contributed by atoms with Crippen LogP contribution in [0.3, 0.4) is 0 Å². The Bertz CT molecular complexity index is 614. The van der Waals surface area contributed by atoms with Crippen LogP contribution in [0.2, 0.25) is 0 Å². The Labute approximate surface area is 132 Å². The van der Waals surface area contributed by atoms with Crippen LogP contribution in [0.1, 0.15) is 30.1 Å². The van der Waals surface area contributed by atoms with Gasteiger partial charge < -0.3 is 5.32 Å². The van der Waals surface area contributed by atoms with Crippen molar-refractivity contribution >= 4 is 44.2 Å². The quantitative estimate of drug-likeness (QED) is 0.772. The Morgan fingerprint density at radius 3 is 2.70 bits per heavy atom. The molecule has 106 valence electrons. The van der Waals surface area contributed by atoms with Crippen molar-refractivity contribution in [2.45, 2.75) is 25.1 Å². The molecule has 2 aromatic carbocycles. The summed E-state index contributed by atoms with van der Waals surface area (Å²) in [4.78, 5) is 12.1. The smallest absolute Gasteiger partial charge is 0.251 e. The molecule has 0 aliphatic heterocycles. The van der Waals surface area contributed by atoms with Gasteiger partial charge in [0, 0.05) is 16.6 Å². The fraction of sp³-hybridized carbons (Fsp3) is 0.312. The van der Waals surface area contributed by atoms with Crippen LogP contribution < -0.4 is 5.32 Å². The van der Waals surface area contributed by atoms with Crippen molar-refractivity contribution < 1.29 is 4.79 Å². The van der Waals surface area contributed by atoms with E-state index in [1.54, 1.807) is 0 Å². The summed E-state index contributed by atoms with van der Waals surface area (Å²) in [6.45, 7) is 2.59. The third-order valence-electron chi connectivity index (χ3n) is 3.15. The molecule has 1 unspecified atom stereocenters. The molecule has 0 heterocycles. The molecule has 2 aromatic rings. The summed E-state index contributed by atoms with van der Waals surface area (Å²) in [7, 11) is 0. The Morgan fingerprint density at radius 2 is 1.95 bits per heavy atom. The summed E-state index contributed by atoms with van der Waals surface area (Å²) in [6.07, 6.45) is 1.93. The van der Waals surface area contributed by atoms with Gasteiger partial charge in [-0.3, -0.25) is 4.79 Å². The van der Waals surface area contributed by atoms with Gasteiger partial charge in [0.05, 0.1) is 5.38 Å². The van der Waals surface area contributed by atoms with Crippen LogP contribution in [-0.4, -0.2) is 17.8 Å². The number of hydrogen-bond acceptors (Lipinski definition) is 1. The molecule has 0 aliphatic carbocycles. The molecule has 0 bridgehead atoms. The van der Waals surface area contributed by atoms with E-state index in [0.29, 0.717) is 12.1 Å². The fourth-order valence-corrected chi connectivity index (χ4v) is 2.75. The van der Waals surface area contributed by atoms with Gasteiger partial charge in [0.15, 0.2) is 0 Å². The maximum Gasteiger partial charge on any atom is 0.251 e. The van der Waals surface area contributed by atoms with Crippen molar-refractivity contribution in [1.82, 2.24) is 5.32 Å². The minimum Gasteiger partial charge on any atom is -0.351 e. The molecule has 0 saturated carbocycles. The molecule has 4 heteroatoms. The minimum absolute atomic E-state index is 0.000335. The molecule has 1 N–H and O–H groups in total. The van der Waals surface area contributed by atoms with Crippen molar-refractivity contribution in [2.75, 3.05) is 6.54 Å². The highest BCUT2D eigenvalue weighted by Crippen LogP contribution is 2.21. The Hall–Kier alpha value is -1.06. The molecule has 0 spiro atoms.